The van der Waals surface area contributed by atoms with E-state index in [0.717, 1.165) is 28.6 Å². The van der Waals surface area contributed by atoms with Crippen LogP contribution in [-0.4, -0.2) is 54.4 Å². The third kappa shape index (κ3) is 3.37. The van der Waals surface area contributed by atoms with Crippen molar-refractivity contribution < 1.29 is 14.5 Å². The van der Waals surface area contributed by atoms with Crippen molar-refractivity contribution in [3.8, 4) is 0 Å². The monoisotopic (exact) mass is 403 g/mol. The highest BCUT2D eigenvalue weighted by molar-refractivity contribution is 6.02. The molecule has 1 saturated heterocycles. The van der Waals surface area contributed by atoms with E-state index in [1.165, 1.54) is 25.9 Å². The summed E-state index contributed by atoms with van der Waals surface area (Å²) in [6.45, 7) is 4.05. The number of aromatic amines is 1. The van der Waals surface area contributed by atoms with E-state index in [2.05, 4.69) is 16.4 Å². The lowest BCUT2D eigenvalue weighted by molar-refractivity contribution is -0.886. The van der Waals surface area contributed by atoms with E-state index in [1.54, 1.807) is 9.80 Å². The first-order valence-corrected chi connectivity index (χ1v) is 10.8. The number of hydrogen-bond acceptors (Lipinski definition) is 2. The maximum atomic E-state index is 13.2. The number of para-hydroxylation sites is 1. The molecule has 1 aromatic heterocycles. The van der Waals surface area contributed by atoms with Crippen LogP contribution in [0.4, 0.5) is 0 Å². The summed E-state index contributed by atoms with van der Waals surface area (Å²) in [7, 11) is 0. The molecule has 2 aliphatic heterocycles. The molecule has 0 bridgehead atoms. The highest BCUT2D eigenvalue weighted by atomic mass is 16.2. The van der Waals surface area contributed by atoms with E-state index in [-0.39, 0.29) is 24.4 Å². The molecule has 1 fully saturated rings. The summed E-state index contributed by atoms with van der Waals surface area (Å²) in [5.41, 5.74) is 3.70. The minimum absolute atomic E-state index is 0.0625. The average Bonchev–Trinajstić information content (AvgIpc) is 3.48. The van der Waals surface area contributed by atoms with E-state index in [9.17, 15) is 9.59 Å². The van der Waals surface area contributed by atoms with Crippen molar-refractivity contribution in [1.82, 2.24) is 15.2 Å². The number of rotatable bonds is 6. The van der Waals surface area contributed by atoms with Crippen molar-refractivity contribution in [3.63, 3.8) is 0 Å². The van der Waals surface area contributed by atoms with Crippen LogP contribution in [-0.2, 0) is 4.79 Å². The van der Waals surface area contributed by atoms with Crippen molar-refractivity contribution in [3.05, 3.63) is 71.4 Å². The molecule has 2 amide bonds. The van der Waals surface area contributed by atoms with Gasteiger partial charge in [0.25, 0.3) is 5.91 Å². The molecule has 5 rings (SSSR count). The zero-order chi connectivity index (χ0) is 20.5. The molecule has 6 nitrogen and oxygen atoms in total. The molecule has 6 heteroatoms. The van der Waals surface area contributed by atoms with Gasteiger partial charge in [0.1, 0.15) is 6.54 Å². The Bertz CT molecular complexity index is 1080. The summed E-state index contributed by atoms with van der Waals surface area (Å²) < 4.78 is 0. The van der Waals surface area contributed by atoms with Gasteiger partial charge in [-0.3, -0.25) is 9.59 Å². The third-order valence-corrected chi connectivity index (χ3v) is 6.40. The predicted octanol–water partition coefficient (Wildman–Crippen LogP) is 1.51. The van der Waals surface area contributed by atoms with E-state index >= 15 is 0 Å². The molecule has 0 radical (unpaired) electrons. The fourth-order valence-electron chi connectivity index (χ4n) is 4.90. The summed E-state index contributed by atoms with van der Waals surface area (Å²) in [6, 6.07) is 15.5. The zero-order valence-electron chi connectivity index (χ0n) is 17.0. The summed E-state index contributed by atoms with van der Waals surface area (Å²) >= 11 is 0. The summed E-state index contributed by atoms with van der Waals surface area (Å²) in [5.74, 6) is -0.180. The van der Waals surface area contributed by atoms with Gasteiger partial charge in [0, 0.05) is 41.1 Å². The second-order valence-corrected chi connectivity index (χ2v) is 8.27. The van der Waals surface area contributed by atoms with Gasteiger partial charge in [-0.05, 0) is 17.7 Å². The first-order valence-electron chi connectivity index (χ1n) is 10.8. The number of amides is 2. The Hall–Kier alpha value is -3.12. The molecule has 2 aromatic carbocycles. The maximum absolute atomic E-state index is 13.2. The molecule has 0 saturated carbocycles. The van der Waals surface area contributed by atoms with Crippen LogP contribution < -0.4 is 10.2 Å². The number of H-pyrrole nitrogens is 1. The van der Waals surface area contributed by atoms with Crippen LogP contribution in [0.3, 0.4) is 0 Å². The molecule has 154 valence electrons. The largest absolute Gasteiger partial charge is 0.361 e. The quantitative estimate of drug-likeness (QED) is 0.584. The molecule has 2 aliphatic rings. The van der Waals surface area contributed by atoms with Crippen molar-refractivity contribution in [2.24, 2.45) is 0 Å². The minimum atomic E-state index is -0.264. The Morgan fingerprint density at radius 1 is 1.07 bits per heavy atom. The van der Waals surface area contributed by atoms with Crippen molar-refractivity contribution in [2.75, 3.05) is 32.7 Å². The molecule has 0 aliphatic carbocycles. The van der Waals surface area contributed by atoms with Gasteiger partial charge in [0.2, 0.25) is 5.91 Å². The van der Waals surface area contributed by atoms with Gasteiger partial charge in [-0.15, -0.1) is 0 Å². The molecule has 3 heterocycles. The number of likely N-dealkylation sites (tertiary alicyclic amines) is 1. The Labute approximate surface area is 175 Å². The first-order chi connectivity index (χ1) is 14.7. The fraction of sp³-hybridized carbons (Fsp3) is 0.333. The van der Waals surface area contributed by atoms with Gasteiger partial charge in [0.05, 0.1) is 32.2 Å². The molecular formula is C24H27N4O2+. The first kappa shape index (κ1) is 18.9. The number of fused-ring (bicyclic) bond motifs is 2. The highest BCUT2D eigenvalue weighted by Gasteiger charge is 2.39. The van der Waals surface area contributed by atoms with E-state index in [1.807, 2.05) is 48.7 Å². The smallest absolute Gasteiger partial charge is 0.255 e. The van der Waals surface area contributed by atoms with Crippen molar-refractivity contribution in [1.29, 1.82) is 0 Å². The molecular weight excluding hydrogens is 376 g/mol. The fourth-order valence-corrected chi connectivity index (χ4v) is 4.90. The number of aromatic nitrogens is 1. The van der Waals surface area contributed by atoms with Gasteiger partial charge in [0.15, 0.2) is 0 Å². The highest BCUT2D eigenvalue weighted by Crippen LogP contribution is 2.40. The van der Waals surface area contributed by atoms with Gasteiger partial charge in [-0.2, -0.15) is 0 Å². The number of carbonyl (C=O) groups excluding carboxylic acids is 2. The summed E-state index contributed by atoms with van der Waals surface area (Å²) in [6.07, 6.45) is 4.51. The van der Waals surface area contributed by atoms with E-state index in [0.29, 0.717) is 12.1 Å². The van der Waals surface area contributed by atoms with Crippen LogP contribution in [0.1, 0.15) is 40.4 Å². The number of nitrogens with zero attached hydrogens (tertiary/aromatic N) is 1. The number of benzene rings is 2. The number of hydrogen-bond donors (Lipinski definition) is 3. The van der Waals surface area contributed by atoms with Gasteiger partial charge >= 0.3 is 0 Å². The van der Waals surface area contributed by atoms with E-state index < -0.39 is 0 Å². The van der Waals surface area contributed by atoms with Crippen molar-refractivity contribution >= 4 is 22.7 Å². The van der Waals surface area contributed by atoms with Gasteiger partial charge in [-0.25, -0.2) is 0 Å². The second kappa shape index (κ2) is 7.95. The Balaban J connectivity index is 1.38. The van der Waals surface area contributed by atoms with Crippen LogP contribution in [0.2, 0.25) is 0 Å². The number of quaternary nitrogens is 1. The molecule has 1 atom stereocenters. The van der Waals surface area contributed by atoms with Crippen LogP contribution in [0, 0.1) is 0 Å². The number of carbonyl (C=O) groups is 2. The van der Waals surface area contributed by atoms with Gasteiger partial charge < -0.3 is 20.1 Å². The SMILES string of the molecule is O=C(CN1C(=O)c2ccccc2[C@H]1c1c[nH]c2ccccc12)NCC[NH+]1CCCC1. The molecule has 0 unspecified atom stereocenters. The topological polar surface area (TPSA) is 69.6 Å². The summed E-state index contributed by atoms with van der Waals surface area (Å²) in [5, 5.41) is 4.10. The standard InChI is InChI=1S/C24H26N4O2/c29-22(25-11-14-27-12-5-6-13-27)16-28-23(18-8-1-2-9-19(18)24(28)30)20-15-26-21-10-4-3-7-17(20)21/h1-4,7-10,15,23,26H,5-6,11-14,16H2,(H,25,29)/p+1/t23-/m0/s1. The van der Waals surface area contributed by atoms with Crippen molar-refractivity contribution in [2.45, 2.75) is 18.9 Å². The van der Waals surface area contributed by atoms with Crippen LogP contribution in [0.5, 0.6) is 0 Å². The Morgan fingerprint density at radius 3 is 2.70 bits per heavy atom. The maximum Gasteiger partial charge on any atom is 0.255 e. The molecule has 0 spiro atoms. The Morgan fingerprint density at radius 2 is 1.83 bits per heavy atom. The second-order valence-electron chi connectivity index (χ2n) is 8.27. The van der Waals surface area contributed by atoms with Crippen LogP contribution in [0.15, 0.2) is 54.7 Å². The third-order valence-electron chi connectivity index (χ3n) is 6.40. The zero-order valence-corrected chi connectivity index (χ0v) is 17.0. The lowest BCUT2D eigenvalue weighted by Gasteiger charge is -2.25. The molecule has 3 aromatic rings. The minimum Gasteiger partial charge on any atom is -0.361 e. The molecule has 3 N–H and O–H groups in total. The van der Waals surface area contributed by atoms with E-state index in [4.69, 9.17) is 0 Å². The lowest BCUT2D eigenvalue weighted by atomic mass is 9.97. The lowest BCUT2D eigenvalue weighted by Crippen LogP contribution is -3.10. The Kier molecular flexibility index (Phi) is 5.01. The molecule has 30 heavy (non-hydrogen) atoms. The average molecular weight is 404 g/mol. The van der Waals surface area contributed by atoms with Gasteiger partial charge in [-0.1, -0.05) is 36.4 Å². The van der Waals surface area contributed by atoms with Crippen LogP contribution in [0.25, 0.3) is 10.9 Å². The normalized spacial score (nSPS) is 18.9. The summed E-state index contributed by atoms with van der Waals surface area (Å²) in [4.78, 5) is 32.5. The van der Waals surface area contributed by atoms with Crippen LogP contribution >= 0.6 is 0 Å². The number of nitrogens with one attached hydrogen (secondary N) is 3. The predicted molar refractivity (Wildman–Crippen MR) is 115 cm³/mol.